The Morgan fingerprint density at radius 3 is 2.55 bits per heavy atom. The fourth-order valence-corrected chi connectivity index (χ4v) is 1.93. The van der Waals surface area contributed by atoms with E-state index in [9.17, 15) is 19.5 Å². The van der Waals surface area contributed by atoms with E-state index < -0.39 is 24.0 Å². The number of rotatable bonds is 4. The second kappa shape index (κ2) is 6.16. The molecule has 4 N–H and O–H groups in total. The molecule has 2 atom stereocenters. The lowest BCUT2D eigenvalue weighted by Crippen LogP contribution is -2.58. The third-order valence-corrected chi connectivity index (χ3v) is 3.00. The van der Waals surface area contributed by atoms with Gasteiger partial charge in [-0.05, 0) is 5.56 Å². The number of hydrogen-bond donors (Lipinski definition) is 4. The highest BCUT2D eigenvalue weighted by Gasteiger charge is 2.28. The van der Waals surface area contributed by atoms with E-state index in [1.807, 2.05) is 0 Å². The number of hydrogen-bond acceptors (Lipinski definition) is 4. The maximum absolute atomic E-state index is 12.0. The Balaban J connectivity index is 2.03. The molecule has 1 heterocycles. The van der Waals surface area contributed by atoms with Crippen molar-refractivity contribution in [3.8, 4) is 0 Å². The molecule has 0 saturated carbocycles. The number of aliphatic carboxylic acids is 1. The van der Waals surface area contributed by atoms with Crippen molar-refractivity contribution >= 4 is 17.8 Å². The van der Waals surface area contributed by atoms with Crippen LogP contribution in [-0.4, -0.2) is 42.0 Å². The van der Waals surface area contributed by atoms with Crippen LogP contribution in [-0.2, 0) is 14.4 Å². The number of carboxylic acids is 1. The summed E-state index contributed by atoms with van der Waals surface area (Å²) in [6.07, 6.45) is 0. The molecule has 7 heteroatoms. The fraction of sp³-hybridized carbons (Fsp3) is 0.308. The van der Waals surface area contributed by atoms with Crippen molar-refractivity contribution in [2.45, 2.75) is 12.1 Å². The van der Waals surface area contributed by atoms with Crippen LogP contribution in [0.5, 0.6) is 0 Å². The second-order valence-electron chi connectivity index (χ2n) is 4.43. The number of carbonyl (C=O) groups excluding carboxylic acids is 2. The highest BCUT2D eigenvalue weighted by molar-refractivity contribution is 5.90. The highest BCUT2D eigenvalue weighted by atomic mass is 16.4. The molecule has 1 aromatic carbocycles. The van der Waals surface area contributed by atoms with Gasteiger partial charge in [0.1, 0.15) is 6.04 Å². The number of carbonyl (C=O) groups is 3. The first-order chi connectivity index (χ1) is 9.58. The van der Waals surface area contributed by atoms with Gasteiger partial charge in [0.15, 0.2) is 6.04 Å². The van der Waals surface area contributed by atoms with Crippen molar-refractivity contribution in [2.75, 3.05) is 13.1 Å². The predicted molar refractivity (Wildman–Crippen MR) is 69.8 cm³/mol. The molecule has 1 saturated heterocycles. The minimum atomic E-state index is -1.13. The second-order valence-corrected chi connectivity index (χ2v) is 4.43. The third kappa shape index (κ3) is 3.33. The van der Waals surface area contributed by atoms with Crippen LogP contribution in [0.25, 0.3) is 0 Å². The fourth-order valence-electron chi connectivity index (χ4n) is 1.93. The Morgan fingerprint density at radius 1 is 1.30 bits per heavy atom. The first kappa shape index (κ1) is 14.0. The van der Waals surface area contributed by atoms with Crippen LogP contribution < -0.4 is 16.0 Å². The van der Waals surface area contributed by atoms with E-state index >= 15 is 0 Å². The average Bonchev–Trinajstić information content (AvgIpc) is 2.46. The minimum absolute atomic E-state index is 0.0428. The zero-order valence-corrected chi connectivity index (χ0v) is 10.6. The Labute approximate surface area is 115 Å². The molecule has 0 aromatic heterocycles. The molecule has 1 aliphatic heterocycles. The van der Waals surface area contributed by atoms with Crippen molar-refractivity contribution in [1.82, 2.24) is 16.0 Å². The van der Waals surface area contributed by atoms with E-state index in [1.165, 1.54) is 0 Å². The lowest BCUT2D eigenvalue weighted by molar-refractivity contribution is -0.142. The molecular weight excluding hydrogens is 262 g/mol. The average molecular weight is 277 g/mol. The van der Waals surface area contributed by atoms with Gasteiger partial charge in [0.25, 0.3) is 0 Å². The molecule has 0 radical (unpaired) electrons. The van der Waals surface area contributed by atoms with E-state index in [0.29, 0.717) is 5.56 Å². The number of amides is 2. The Hall–Kier alpha value is -2.41. The predicted octanol–water partition coefficient (Wildman–Crippen LogP) is -0.983. The lowest BCUT2D eigenvalue weighted by Gasteiger charge is -2.25. The summed E-state index contributed by atoms with van der Waals surface area (Å²) in [5.41, 5.74) is 0.494. The summed E-state index contributed by atoms with van der Waals surface area (Å²) in [5.74, 6) is -1.78. The molecule has 7 nitrogen and oxygen atoms in total. The zero-order chi connectivity index (χ0) is 14.5. The Bertz CT molecular complexity index is 508. The van der Waals surface area contributed by atoms with Crippen LogP contribution in [0.2, 0.25) is 0 Å². The quantitative estimate of drug-likeness (QED) is 0.565. The number of nitrogens with one attached hydrogen (secondary N) is 3. The van der Waals surface area contributed by atoms with E-state index in [4.69, 9.17) is 0 Å². The Kier molecular flexibility index (Phi) is 4.31. The SMILES string of the molecule is O=C1CNC(C(=O)N[C@H](C(=O)O)c2ccccc2)CN1. The van der Waals surface area contributed by atoms with Gasteiger partial charge >= 0.3 is 5.97 Å². The standard InChI is InChI=1S/C13H15N3O4/c17-10-7-14-9(6-15-10)12(18)16-11(13(19)20)8-4-2-1-3-5-8/h1-5,9,11,14H,6-7H2,(H,15,17)(H,16,18)(H,19,20)/t9?,11-/m0/s1. The van der Waals surface area contributed by atoms with Crippen LogP contribution >= 0.6 is 0 Å². The van der Waals surface area contributed by atoms with Gasteiger partial charge in [-0.1, -0.05) is 30.3 Å². The number of piperazine rings is 1. The van der Waals surface area contributed by atoms with Gasteiger partial charge in [0.2, 0.25) is 11.8 Å². The molecule has 106 valence electrons. The maximum atomic E-state index is 12.0. The zero-order valence-electron chi connectivity index (χ0n) is 10.6. The summed E-state index contributed by atoms with van der Waals surface area (Å²) < 4.78 is 0. The normalized spacial score (nSPS) is 19.8. The van der Waals surface area contributed by atoms with Crippen LogP contribution in [0.3, 0.4) is 0 Å². The largest absolute Gasteiger partial charge is 0.479 e. The van der Waals surface area contributed by atoms with Gasteiger partial charge in [0, 0.05) is 6.54 Å². The smallest absolute Gasteiger partial charge is 0.330 e. The van der Waals surface area contributed by atoms with Crippen LogP contribution in [0.1, 0.15) is 11.6 Å². The molecule has 2 amide bonds. The van der Waals surface area contributed by atoms with E-state index in [0.717, 1.165) is 0 Å². The summed E-state index contributed by atoms with van der Waals surface area (Å²) in [7, 11) is 0. The first-order valence-electron chi connectivity index (χ1n) is 6.16. The van der Waals surface area contributed by atoms with Crippen molar-refractivity contribution in [1.29, 1.82) is 0 Å². The molecule has 1 aliphatic rings. The summed E-state index contributed by atoms with van der Waals surface area (Å²) in [6.45, 7) is 0.187. The molecule has 2 rings (SSSR count). The molecule has 1 unspecified atom stereocenters. The third-order valence-electron chi connectivity index (χ3n) is 3.00. The molecular formula is C13H15N3O4. The minimum Gasteiger partial charge on any atom is -0.479 e. The Morgan fingerprint density at radius 2 is 2.00 bits per heavy atom. The topological polar surface area (TPSA) is 108 Å². The van der Waals surface area contributed by atoms with Gasteiger partial charge in [-0.3, -0.25) is 14.9 Å². The van der Waals surface area contributed by atoms with E-state index in [-0.39, 0.29) is 19.0 Å². The summed E-state index contributed by atoms with van der Waals surface area (Å²) in [5, 5.41) is 17.0. The first-order valence-corrected chi connectivity index (χ1v) is 6.16. The van der Waals surface area contributed by atoms with E-state index in [2.05, 4.69) is 16.0 Å². The molecule has 0 bridgehead atoms. The van der Waals surface area contributed by atoms with Crippen molar-refractivity contribution < 1.29 is 19.5 Å². The van der Waals surface area contributed by atoms with Gasteiger partial charge < -0.3 is 15.7 Å². The summed E-state index contributed by atoms with van der Waals surface area (Å²) in [4.78, 5) is 34.3. The van der Waals surface area contributed by atoms with Crippen molar-refractivity contribution in [3.05, 3.63) is 35.9 Å². The van der Waals surface area contributed by atoms with Gasteiger partial charge in [0.05, 0.1) is 6.54 Å². The van der Waals surface area contributed by atoms with Crippen LogP contribution in [0, 0.1) is 0 Å². The monoisotopic (exact) mass is 277 g/mol. The van der Waals surface area contributed by atoms with Gasteiger partial charge in [-0.25, -0.2) is 4.79 Å². The van der Waals surface area contributed by atoms with Crippen LogP contribution in [0.15, 0.2) is 30.3 Å². The maximum Gasteiger partial charge on any atom is 0.330 e. The van der Waals surface area contributed by atoms with Crippen molar-refractivity contribution in [2.24, 2.45) is 0 Å². The summed E-state index contributed by atoms with van der Waals surface area (Å²) in [6, 6.07) is 6.71. The molecule has 0 spiro atoms. The highest BCUT2D eigenvalue weighted by Crippen LogP contribution is 2.12. The van der Waals surface area contributed by atoms with Crippen molar-refractivity contribution in [3.63, 3.8) is 0 Å². The number of carboxylic acid groups (broad SMARTS) is 1. The lowest BCUT2D eigenvalue weighted by atomic mass is 10.1. The molecule has 20 heavy (non-hydrogen) atoms. The van der Waals surface area contributed by atoms with Gasteiger partial charge in [-0.2, -0.15) is 0 Å². The molecule has 1 fully saturated rings. The number of benzene rings is 1. The van der Waals surface area contributed by atoms with Crippen LogP contribution in [0.4, 0.5) is 0 Å². The molecule has 1 aromatic rings. The van der Waals surface area contributed by atoms with Gasteiger partial charge in [-0.15, -0.1) is 0 Å². The summed E-state index contributed by atoms with van der Waals surface area (Å²) >= 11 is 0. The van der Waals surface area contributed by atoms with E-state index in [1.54, 1.807) is 30.3 Å². The molecule has 0 aliphatic carbocycles.